The minimum Gasteiger partial charge on any atom is -0.497 e. The van der Waals surface area contributed by atoms with Crippen LogP contribution in [-0.2, 0) is 31.4 Å². The number of benzene rings is 2. The lowest BCUT2D eigenvalue weighted by Crippen LogP contribution is -2.49. The second kappa shape index (κ2) is 12.9. The normalized spacial score (nSPS) is 17.3. The Bertz CT molecular complexity index is 1050. The molecule has 37 heavy (non-hydrogen) atoms. The zero-order valence-electron chi connectivity index (χ0n) is 22.1. The van der Waals surface area contributed by atoms with Gasteiger partial charge >= 0.3 is 12.1 Å². The lowest BCUT2D eigenvalue weighted by molar-refractivity contribution is -0.150. The van der Waals surface area contributed by atoms with Gasteiger partial charge in [0.05, 0.1) is 7.11 Å². The summed E-state index contributed by atoms with van der Waals surface area (Å²) in [7, 11) is 3.18. The van der Waals surface area contributed by atoms with Crippen molar-refractivity contribution in [2.24, 2.45) is 0 Å². The second-order valence-corrected chi connectivity index (χ2v) is 11.3. The monoisotopic (exact) mass is 528 g/mol. The number of likely N-dealkylation sites (tertiary alicyclic amines) is 1. The molecule has 0 aliphatic carbocycles. The molecule has 1 heterocycles. The molecule has 1 aliphatic rings. The summed E-state index contributed by atoms with van der Waals surface area (Å²) < 4.78 is 16.1. The standard InChI is InChI=1S/C28H36N2O6S/c1-28(2,3)36-27(33)30-16-23(37-19-21-11-13-22(34-5)14-12-21)15-24(30)26(32)29(4)17-25(31)35-18-20-9-7-6-8-10-20/h6-14,23-24H,15-19H2,1-5H3/t23-,24+/m1/s1. The van der Waals surface area contributed by atoms with E-state index >= 15 is 0 Å². The molecule has 2 aromatic rings. The third kappa shape index (κ3) is 8.70. The molecule has 0 saturated carbocycles. The number of ether oxygens (including phenoxy) is 3. The summed E-state index contributed by atoms with van der Waals surface area (Å²) in [5, 5.41) is 0.0435. The van der Waals surface area contributed by atoms with Gasteiger partial charge in [-0.3, -0.25) is 14.5 Å². The summed E-state index contributed by atoms with van der Waals surface area (Å²) >= 11 is 1.69. The van der Waals surface area contributed by atoms with E-state index in [4.69, 9.17) is 14.2 Å². The highest BCUT2D eigenvalue weighted by molar-refractivity contribution is 7.99. The zero-order chi connectivity index (χ0) is 27.0. The fraction of sp³-hybridized carbons (Fsp3) is 0.464. The minimum absolute atomic E-state index is 0.0435. The first-order valence-corrected chi connectivity index (χ1v) is 13.3. The van der Waals surface area contributed by atoms with Crippen LogP contribution in [0.2, 0.25) is 0 Å². The molecule has 2 amide bonds. The molecule has 1 aliphatic heterocycles. The molecule has 0 radical (unpaired) electrons. The van der Waals surface area contributed by atoms with E-state index < -0.39 is 23.7 Å². The van der Waals surface area contributed by atoms with Crippen LogP contribution in [0.15, 0.2) is 54.6 Å². The van der Waals surface area contributed by atoms with Gasteiger partial charge < -0.3 is 19.1 Å². The number of hydrogen-bond acceptors (Lipinski definition) is 7. The van der Waals surface area contributed by atoms with E-state index in [2.05, 4.69) is 0 Å². The lowest BCUT2D eigenvalue weighted by atomic mass is 10.2. The fourth-order valence-electron chi connectivity index (χ4n) is 3.92. The summed E-state index contributed by atoms with van der Waals surface area (Å²) in [6.07, 6.45) is -0.0547. The van der Waals surface area contributed by atoms with Crippen molar-refractivity contribution < 1.29 is 28.6 Å². The summed E-state index contributed by atoms with van der Waals surface area (Å²) in [6.45, 7) is 5.71. The Morgan fingerprint density at radius 1 is 1.03 bits per heavy atom. The van der Waals surface area contributed by atoms with Gasteiger partial charge in [-0.1, -0.05) is 42.5 Å². The lowest BCUT2D eigenvalue weighted by Gasteiger charge is -2.29. The van der Waals surface area contributed by atoms with Crippen molar-refractivity contribution in [2.45, 2.75) is 56.4 Å². The number of thioether (sulfide) groups is 1. The number of amides is 2. The van der Waals surface area contributed by atoms with Crippen LogP contribution in [0.25, 0.3) is 0 Å². The molecule has 0 spiro atoms. The van der Waals surface area contributed by atoms with Crippen molar-refractivity contribution in [1.82, 2.24) is 9.80 Å². The largest absolute Gasteiger partial charge is 0.497 e. The zero-order valence-corrected chi connectivity index (χ0v) is 23.0. The topological polar surface area (TPSA) is 85.4 Å². The maximum atomic E-state index is 13.4. The Morgan fingerprint density at radius 3 is 2.32 bits per heavy atom. The molecule has 1 fully saturated rings. The molecule has 2 atom stereocenters. The molecular weight excluding hydrogens is 492 g/mol. The number of rotatable bonds is 9. The molecular formula is C28H36N2O6S. The number of nitrogens with zero attached hydrogens (tertiary/aromatic N) is 2. The van der Waals surface area contributed by atoms with E-state index in [0.29, 0.717) is 13.0 Å². The van der Waals surface area contributed by atoms with E-state index in [1.165, 1.54) is 9.80 Å². The van der Waals surface area contributed by atoms with Gasteiger partial charge in [0.1, 0.15) is 30.5 Å². The van der Waals surface area contributed by atoms with Crippen LogP contribution in [0.4, 0.5) is 4.79 Å². The number of esters is 1. The number of likely N-dealkylation sites (N-methyl/N-ethyl adjacent to an activating group) is 1. The number of carbonyl (C=O) groups excluding carboxylic acids is 3. The summed E-state index contributed by atoms with van der Waals surface area (Å²) in [4.78, 5) is 41.6. The summed E-state index contributed by atoms with van der Waals surface area (Å²) in [6, 6.07) is 16.5. The Labute approximate surface area is 223 Å². The van der Waals surface area contributed by atoms with E-state index in [-0.39, 0.29) is 24.3 Å². The van der Waals surface area contributed by atoms with Gasteiger partial charge in [0, 0.05) is 24.6 Å². The first-order chi connectivity index (χ1) is 17.6. The van der Waals surface area contributed by atoms with Gasteiger partial charge in [-0.25, -0.2) is 4.79 Å². The molecule has 0 N–H and O–H groups in total. The molecule has 9 heteroatoms. The van der Waals surface area contributed by atoms with Crippen molar-refractivity contribution in [2.75, 3.05) is 27.2 Å². The Morgan fingerprint density at radius 2 is 1.70 bits per heavy atom. The van der Waals surface area contributed by atoms with Crippen LogP contribution < -0.4 is 4.74 Å². The van der Waals surface area contributed by atoms with Gasteiger partial charge in [-0.15, -0.1) is 0 Å². The third-order valence-electron chi connectivity index (χ3n) is 5.81. The predicted octanol–water partition coefficient (Wildman–Crippen LogP) is 4.51. The van der Waals surface area contributed by atoms with Crippen molar-refractivity contribution in [3.05, 3.63) is 65.7 Å². The Balaban J connectivity index is 1.62. The number of carbonyl (C=O) groups is 3. The maximum Gasteiger partial charge on any atom is 0.411 e. The van der Waals surface area contributed by atoms with Crippen LogP contribution in [0.5, 0.6) is 5.75 Å². The van der Waals surface area contributed by atoms with E-state index in [9.17, 15) is 14.4 Å². The molecule has 8 nitrogen and oxygen atoms in total. The highest BCUT2D eigenvalue weighted by atomic mass is 32.2. The van der Waals surface area contributed by atoms with Gasteiger partial charge in [-0.2, -0.15) is 11.8 Å². The van der Waals surface area contributed by atoms with Crippen LogP contribution in [0.1, 0.15) is 38.3 Å². The van der Waals surface area contributed by atoms with Crippen molar-refractivity contribution in [3.63, 3.8) is 0 Å². The van der Waals surface area contributed by atoms with Crippen LogP contribution in [-0.4, -0.2) is 71.9 Å². The smallest absolute Gasteiger partial charge is 0.411 e. The van der Waals surface area contributed by atoms with Crippen molar-refractivity contribution >= 4 is 29.7 Å². The molecule has 0 unspecified atom stereocenters. The SMILES string of the molecule is COc1ccc(CS[C@@H]2C[C@@H](C(=O)N(C)CC(=O)OCc3ccccc3)N(C(=O)OC(C)(C)C)C2)cc1. The average Bonchev–Trinajstić information content (AvgIpc) is 3.30. The molecule has 200 valence electrons. The van der Waals surface area contributed by atoms with Crippen LogP contribution >= 0.6 is 11.8 Å². The van der Waals surface area contributed by atoms with E-state index in [1.54, 1.807) is 46.7 Å². The molecule has 1 saturated heterocycles. The van der Waals surface area contributed by atoms with Gasteiger partial charge in [-0.05, 0) is 50.5 Å². The van der Waals surface area contributed by atoms with Crippen LogP contribution in [0.3, 0.4) is 0 Å². The van der Waals surface area contributed by atoms with Gasteiger partial charge in [0.15, 0.2) is 0 Å². The molecule has 0 bridgehead atoms. The first kappa shape index (κ1) is 28.4. The van der Waals surface area contributed by atoms with Gasteiger partial charge in [0.2, 0.25) is 5.91 Å². The summed E-state index contributed by atoms with van der Waals surface area (Å²) in [5.74, 6) is 0.711. The molecule has 2 aromatic carbocycles. The van der Waals surface area contributed by atoms with Gasteiger partial charge in [0.25, 0.3) is 0 Å². The molecule has 3 rings (SSSR count). The predicted molar refractivity (Wildman–Crippen MR) is 143 cm³/mol. The maximum absolute atomic E-state index is 13.4. The van der Waals surface area contributed by atoms with Crippen LogP contribution in [0, 0.1) is 0 Å². The van der Waals surface area contributed by atoms with Crippen molar-refractivity contribution in [1.29, 1.82) is 0 Å². The Hall–Kier alpha value is -3.20. The minimum atomic E-state index is -0.713. The Kier molecular flexibility index (Phi) is 9.86. The van der Waals surface area contributed by atoms with E-state index in [0.717, 1.165) is 22.6 Å². The average molecular weight is 529 g/mol. The highest BCUT2D eigenvalue weighted by Crippen LogP contribution is 2.32. The quantitative estimate of drug-likeness (QED) is 0.443. The second-order valence-electron chi connectivity index (χ2n) is 10.0. The van der Waals surface area contributed by atoms with Crippen molar-refractivity contribution in [3.8, 4) is 5.75 Å². The third-order valence-corrected chi connectivity index (χ3v) is 7.12. The number of methoxy groups -OCH3 is 1. The highest BCUT2D eigenvalue weighted by Gasteiger charge is 2.43. The number of hydrogen-bond donors (Lipinski definition) is 0. The van der Waals surface area contributed by atoms with E-state index in [1.807, 2.05) is 54.6 Å². The fourth-order valence-corrected chi connectivity index (χ4v) is 5.13. The first-order valence-electron chi connectivity index (χ1n) is 12.2. The summed E-state index contributed by atoms with van der Waals surface area (Å²) in [5.41, 5.74) is 1.31. The molecule has 0 aromatic heterocycles.